The maximum atomic E-state index is 12.9. The van der Waals surface area contributed by atoms with Gasteiger partial charge in [0.2, 0.25) is 0 Å². The average Bonchev–Trinajstić information content (AvgIpc) is 3.28. The Balaban J connectivity index is 1.44. The molecule has 0 radical (unpaired) electrons. The molecule has 1 N–H and O–H groups in total. The van der Waals surface area contributed by atoms with Crippen molar-refractivity contribution in [3.8, 4) is 0 Å². The molecule has 8 nitrogen and oxygen atoms in total. The molecule has 4 rings (SSSR count). The highest BCUT2D eigenvalue weighted by Crippen LogP contribution is 2.26. The van der Waals surface area contributed by atoms with Gasteiger partial charge >= 0.3 is 0 Å². The highest BCUT2D eigenvalue weighted by atomic mass is 32.2. The summed E-state index contributed by atoms with van der Waals surface area (Å²) < 4.78 is 25.0. The molecule has 3 aromatic rings. The number of carbonyl (C=O) groups excluding carboxylic acids is 2. The zero-order valence-corrected chi connectivity index (χ0v) is 18.0. The van der Waals surface area contributed by atoms with Crippen molar-refractivity contribution in [1.29, 1.82) is 0 Å². The summed E-state index contributed by atoms with van der Waals surface area (Å²) in [6, 6.07) is 11.7. The van der Waals surface area contributed by atoms with Gasteiger partial charge in [-0.3, -0.25) is 9.59 Å². The first kappa shape index (κ1) is 20.8. The predicted molar refractivity (Wildman–Crippen MR) is 114 cm³/mol. The molecule has 2 heterocycles. The Labute approximate surface area is 180 Å². The van der Waals surface area contributed by atoms with Crippen LogP contribution in [0, 0.1) is 0 Å². The van der Waals surface area contributed by atoms with Gasteiger partial charge in [0.15, 0.2) is 9.84 Å². The Morgan fingerprint density at radius 2 is 1.90 bits per heavy atom. The second-order valence-corrected chi connectivity index (χ2v) is 9.64. The minimum Gasteiger partial charge on any atom is -0.346 e. The van der Waals surface area contributed by atoms with E-state index in [9.17, 15) is 18.0 Å². The molecule has 0 unspecified atom stereocenters. The van der Waals surface area contributed by atoms with Crippen molar-refractivity contribution >= 4 is 21.7 Å². The van der Waals surface area contributed by atoms with E-state index >= 15 is 0 Å². The Bertz CT molecular complexity index is 1260. The molecule has 1 aliphatic rings. The number of amides is 2. The van der Waals surface area contributed by atoms with Gasteiger partial charge in [0.1, 0.15) is 0 Å². The third kappa shape index (κ3) is 4.36. The van der Waals surface area contributed by atoms with E-state index in [4.69, 9.17) is 0 Å². The third-order valence-corrected chi connectivity index (χ3v) is 6.45. The van der Waals surface area contributed by atoms with Gasteiger partial charge in [0, 0.05) is 43.7 Å². The second-order valence-electron chi connectivity index (χ2n) is 7.63. The van der Waals surface area contributed by atoms with Gasteiger partial charge in [-0.2, -0.15) is 0 Å². The van der Waals surface area contributed by atoms with Crippen LogP contribution in [0.5, 0.6) is 0 Å². The number of sulfone groups is 1. The van der Waals surface area contributed by atoms with Crippen LogP contribution in [0.25, 0.3) is 0 Å². The Morgan fingerprint density at radius 1 is 1.16 bits per heavy atom. The highest BCUT2D eigenvalue weighted by Gasteiger charge is 2.28. The Hall–Kier alpha value is -3.46. The van der Waals surface area contributed by atoms with Crippen LogP contribution in [0.15, 0.2) is 59.9 Å². The molecule has 0 bridgehead atoms. The van der Waals surface area contributed by atoms with Crippen molar-refractivity contribution in [2.45, 2.75) is 24.5 Å². The van der Waals surface area contributed by atoms with Gasteiger partial charge in [0.05, 0.1) is 23.5 Å². The van der Waals surface area contributed by atoms with Crippen molar-refractivity contribution < 1.29 is 18.0 Å². The van der Waals surface area contributed by atoms with Crippen molar-refractivity contribution in [1.82, 2.24) is 19.8 Å². The third-order valence-electron chi connectivity index (χ3n) is 5.32. The molecule has 9 heteroatoms. The number of imidazole rings is 1. The number of aryl methyl sites for hydroxylation is 1. The summed E-state index contributed by atoms with van der Waals surface area (Å²) in [6.45, 7) is 1.15. The van der Waals surface area contributed by atoms with Crippen molar-refractivity contribution in [3.05, 3.63) is 82.9 Å². The molecule has 0 fully saturated rings. The van der Waals surface area contributed by atoms with Crippen LogP contribution in [0.2, 0.25) is 0 Å². The van der Waals surface area contributed by atoms with Crippen LogP contribution in [-0.2, 0) is 36.5 Å². The predicted octanol–water partition coefficient (Wildman–Crippen LogP) is 1.91. The lowest BCUT2D eigenvalue weighted by atomic mass is 10.1. The SMILES string of the molecule is Cn1cncc1CNC(=O)c1ccc2c(c1)C(=O)N(Cc1ccc(S(C)(=O)=O)cc1)C2. The van der Waals surface area contributed by atoms with Crippen molar-refractivity contribution in [3.63, 3.8) is 0 Å². The summed E-state index contributed by atoms with van der Waals surface area (Å²) in [7, 11) is -1.41. The fourth-order valence-electron chi connectivity index (χ4n) is 3.52. The Morgan fingerprint density at radius 3 is 2.55 bits per heavy atom. The fraction of sp³-hybridized carbons (Fsp3) is 0.227. The van der Waals surface area contributed by atoms with Crippen LogP contribution >= 0.6 is 0 Å². The number of hydrogen-bond donors (Lipinski definition) is 1. The van der Waals surface area contributed by atoms with Crippen LogP contribution in [-0.4, -0.2) is 40.9 Å². The zero-order chi connectivity index (χ0) is 22.2. The summed E-state index contributed by atoms with van der Waals surface area (Å²) >= 11 is 0. The molecule has 160 valence electrons. The first-order valence-corrected chi connectivity index (χ1v) is 11.6. The first-order chi connectivity index (χ1) is 14.7. The summed E-state index contributed by atoms with van der Waals surface area (Å²) in [5.41, 5.74) is 3.51. The van der Waals surface area contributed by atoms with E-state index in [2.05, 4.69) is 10.3 Å². The summed E-state index contributed by atoms with van der Waals surface area (Å²) in [5, 5.41) is 2.84. The molecule has 0 saturated carbocycles. The summed E-state index contributed by atoms with van der Waals surface area (Å²) in [5.74, 6) is -0.407. The number of nitrogens with zero attached hydrogens (tertiary/aromatic N) is 3. The number of fused-ring (bicyclic) bond motifs is 1. The normalized spacial score (nSPS) is 13.4. The number of carbonyl (C=O) groups is 2. The minimum atomic E-state index is -3.26. The van der Waals surface area contributed by atoms with Gasteiger partial charge in [-0.25, -0.2) is 13.4 Å². The standard InChI is InChI=1S/C22H22N4O4S/c1-25-14-23-10-18(25)11-24-21(27)16-5-6-17-13-26(22(28)20(17)9-16)12-15-3-7-19(8-4-15)31(2,29)30/h3-10,14H,11-13H2,1-2H3,(H,24,27). The van der Waals surface area contributed by atoms with Gasteiger partial charge in [-0.15, -0.1) is 0 Å². The maximum Gasteiger partial charge on any atom is 0.254 e. The van der Waals surface area contributed by atoms with Crippen LogP contribution in [0.4, 0.5) is 0 Å². The molecule has 0 saturated heterocycles. The first-order valence-electron chi connectivity index (χ1n) is 9.67. The minimum absolute atomic E-state index is 0.150. The van der Waals surface area contributed by atoms with E-state index in [0.29, 0.717) is 30.8 Å². The quantitative estimate of drug-likeness (QED) is 0.634. The summed E-state index contributed by atoms with van der Waals surface area (Å²) in [6.07, 6.45) is 4.51. The molecular formula is C22H22N4O4S. The molecule has 2 aromatic carbocycles. The van der Waals surface area contributed by atoms with Crippen molar-refractivity contribution in [2.24, 2.45) is 7.05 Å². The van der Waals surface area contributed by atoms with Gasteiger partial charge in [-0.1, -0.05) is 18.2 Å². The Kier molecular flexibility index (Phi) is 5.36. The lowest BCUT2D eigenvalue weighted by molar-refractivity contribution is 0.0766. The molecule has 1 aliphatic heterocycles. The number of benzene rings is 2. The monoisotopic (exact) mass is 438 g/mol. The highest BCUT2D eigenvalue weighted by molar-refractivity contribution is 7.90. The molecular weight excluding hydrogens is 416 g/mol. The smallest absolute Gasteiger partial charge is 0.254 e. The van der Waals surface area contributed by atoms with Gasteiger partial charge < -0.3 is 14.8 Å². The van der Waals surface area contributed by atoms with Gasteiger partial charge in [-0.05, 0) is 35.4 Å². The van der Waals surface area contributed by atoms with Crippen molar-refractivity contribution in [2.75, 3.05) is 6.26 Å². The molecule has 2 amide bonds. The zero-order valence-electron chi connectivity index (χ0n) is 17.2. The molecule has 0 spiro atoms. The van der Waals surface area contributed by atoms with E-state index in [-0.39, 0.29) is 16.7 Å². The average molecular weight is 439 g/mol. The summed E-state index contributed by atoms with van der Waals surface area (Å²) in [4.78, 5) is 31.3. The lowest BCUT2D eigenvalue weighted by Crippen LogP contribution is -2.25. The number of hydrogen-bond acceptors (Lipinski definition) is 5. The second kappa shape index (κ2) is 7.99. The molecule has 0 atom stereocenters. The number of aromatic nitrogens is 2. The van der Waals surface area contributed by atoms with E-state index < -0.39 is 9.84 Å². The number of nitrogens with one attached hydrogen (secondary N) is 1. The molecule has 31 heavy (non-hydrogen) atoms. The number of rotatable bonds is 6. The van der Waals surface area contributed by atoms with Crippen LogP contribution < -0.4 is 5.32 Å². The van der Waals surface area contributed by atoms with Crippen LogP contribution in [0.1, 0.15) is 37.5 Å². The lowest BCUT2D eigenvalue weighted by Gasteiger charge is -2.15. The topological polar surface area (TPSA) is 101 Å². The van der Waals surface area contributed by atoms with E-state index in [0.717, 1.165) is 23.1 Å². The fourth-order valence-corrected chi connectivity index (χ4v) is 4.15. The van der Waals surface area contributed by atoms with E-state index in [1.54, 1.807) is 59.9 Å². The largest absolute Gasteiger partial charge is 0.346 e. The van der Waals surface area contributed by atoms with E-state index in [1.165, 1.54) is 0 Å². The van der Waals surface area contributed by atoms with Crippen LogP contribution in [0.3, 0.4) is 0 Å². The van der Waals surface area contributed by atoms with Gasteiger partial charge in [0.25, 0.3) is 11.8 Å². The van der Waals surface area contributed by atoms with E-state index in [1.807, 2.05) is 11.6 Å². The molecule has 0 aliphatic carbocycles. The molecule has 1 aromatic heterocycles. The maximum absolute atomic E-state index is 12.9.